The molecule has 2 N–H and O–H groups in total. The van der Waals surface area contributed by atoms with Crippen LogP contribution in [0.15, 0.2) is 0 Å². The molecule has 0 aliphatic heterocycles. The second-order valence-electron chi connectivity index (χ2n) is 3.89. The van der Waals surface area contributed by atoms with Crippen molar-refractivity contribution < 1.29 is 4.79 Å². The quantitative estimate of drug-likeness (QED) is 0.678. The Morgan fingerprint density at radius 2 is 2.08 bits per heavy atom. The summed E-state index contributed by atoms with van der Waals surface area (Å²) in [6.07, 6.45) is 2.74. The fraction of sp³-hybridized carbons (Fsp3) is 0.900. The fourth-order valence-electron chi connectivity index (χ4n) is 1.18. The Balaban J connectivity index is 3.49. The first kappa shape index (κ1) is 12.4. The Kier molecular flexibility index (Phi) is 6.59. The highest BCUT2D eigenvalue weighted by molar-refractivity contribution is 5.75. The Bertz CT molecular complexity index is 146. The normalized spacial score (nSPS) is 10.5. The second-order valence-corrected chi connectivity index (χ2v) is 3.89. The van der Waals surface area contributed by atoms with Crippen molar-refractivity contribution in [3.8, 4) is 0 Å². The maximum atomic E-state index is 11.3. The maximum Gasteiger partial charge on any atom is 0.223 e. The van der Waals surface area contributed by atoms with Crippen LogP contribution in [-0.2, 0) is 4.79 Å². The summed E-state index contributed by atoms with van der Waals surface area (Å²) in [5.41, 5.74) is 5.30. The molecule has 0 aromatic rings. The standard InChI is InChI=1S/C10H22N2O/c1-9(2)5-4-8-12(3)10(13)6-7-11/h9H,4-8,11H2,1-3H3. The van der Waals surface area contributed by atoms with E-state index in [9.17, 15) is 4.79 Å². The minimum Gasteiger partial charge on any atom is -0.346 e. The third-order valence-electron chi connectivity index (χ3n) is 2.06. The summed E-state index contributed by atoms with van der Waals surface area (Å²) in [7, 11) is 1.85. The molecule has 0 saturated carbocycles. The summed E-state index contributed by atoms with van der Waals surface area (Å²) < 4.78 is 0. The predicted molar refractivity (Wildman–Crippen MR) is 55.4 cm³/mol. The predicted octanol–water partition coefficient (Wildman–Crippen LogP) is 1.23. The van der Waals surface area contributed by atoms with Gasteiger partial charge in [-0.3, -0.25) is 4.79 Å². The number of carbonyl (C=O) groups excluding carboxylic acids is 1. The van der Waals surface area contributed by atoms with Crippen molar-refractivity contribution in [1.82, 2.24) is 4.90 Å². The fourth-order valence-corrected chi connectivity index (χ4v) is 1.18. The van der Waals surface area contributed by atoms with Gasteiger partial charge in [0.15, 0.2) is 0 Å². The lowest BCUT2D eigenvalue weighted by molar-refractivity contribution is -0.129. The number of nitrogens with two attached hydrogens (primary N) is 1. The molecule has 3 nitrogen and oxygen atoms in total. The molecule has 78 valence electrons. The van der Waals surface area contributed by atoms with E-state index >= 15 is 0 Å². The molecule has 0 radical (unpaired) electrons. The summed E-state index contributed by atoms with van der Waals surface area (Å²) in [5, 5.41) is 0. The third kappa shape index (κ3) is 6.58. The highest BCUT2D eigenvalue weighted by Gasteiger charge is 2.06. The van der Waals surface area contributed by atoms with Crippen LogP contribution in [-0.4, -0.2) is 30.9 Å². The lowest BCUT2D eigenvalue weighted by atomic mass is 10.1. The molecular weight excluding hydrogens is 164 g/mol. The Morgan fingerprint density at radius 1 is 1.46 bits per heavy atom. The van der Waals surface area contributed by atoms with Gasteiger partial charge in [0.25, 0.3) is 0 Å². The molecule has 3 heteroatoms. The SMILES string of the molecule is CC(C)CCCN(C)C(=O)CCN. The smallest absolute Gasteiger partial charge is 0.223 e. The van der Waals surface area contributed by atoms with Crippen molar-refractivity contribution in [2.75, 3.05) is 20.1 Å². The van der Waals surface area contributed by atoms with Crippen molar-refractivity contribution >= 4 is 5.91 Å². The van der Waals surface area contributed by atoms with Crippen LogP contribution in [0.3, 0.4) is 0 Å². The van der Waals surface area contributed by atoms with Crippen molar-refractivity contribution in [3.63, 3.8) is 0 Å². The summed E-state index contributed by atoms with van der Waals surface area (Å²) in [6, 6.07) is 0. The largest absolute Gasteiger partial charge is 0.346 e. The highest BCUT2D eigenvalue weighted by atomic mass is 16.2. The minimum absolute atomic E-state index is 0.159. The van der Waals surface area contributed by atoms with Crippen LogP contribution in [0.4, 0.5) is 0 Å². The van der Waals surface area contributed by atoms with Gasteiger partial charge in [-0.05, 0) is 18.8 Å². The van der Waals surface area contributed by atoms with Gasteiger partial charge in [-0.2, -0.15) is 0 Å². The van der Waals surface area contributed by atoms with Gasteiger partial charge in [-0.15, -0.1) is 0 Å². The van der Waals surface area contributed by atoms with E-state index < -0.39 is 0 Å². The van der Waals surface area contributed by atoms with Crippen molar-refractivity contribution in [2.45, 2.75) is 33.1 Å². The van der Waals surface area contributed by atoms with Gasteiger partial charge in [-0.25, -0.2) is 0 Å². The van der Waals surface area contributed by atoms with Gasteiger partial charge in [0.2, 0.25) is 5.91 Å². The van der Waals surface area contributed by atoms with E-state index in [1.807, 2.05) is 7.05 Å². The molecule has 0 unspecified atom stereocenters. The molecule has 0 aliphatic rings. The molecule has 0 bridgehead atoms. The summed E-state index contributed by atoms with van der Waals surface area (Å²) in [6.45, 7) is 5.70. The maximum absolute atomic E-state index is 11.3. The monoisotopic (exact) mass is 186 g/mol. The first-order valence-electron chi connectivity index (χ1n) is 5.02. The van der Waals surface area contributed by atoms with E-state index in [-0.39, 0.29) is 5.91 Å². The minimum atomic E-state index is 0.159. The van der Waals surface area contributed by atoms with Gasteiger partial charge in [0.05, 0.1) is 0 Å². The van der Waals surface area contributed by atoms with E-state index in [0.29, 0.717) is 13.0 Å². The topological polar surface area (TPSA) is 46.3 Å². The lowest BCUT2D eigenvalue weighted by Gasteiger charge is -2.17. The van der Waals surface area contributed by atoms with E-state index in [1.54, 1.807) is 4.90 Å². The average Bonchev–Trinajstić information content (AvgIpc) is 2.04. The van der Waals surface area contributed by atoms with E-state index in [4.69, 9.17) is 5.73 Å². The van der Waals surface area contributed by atoms with Crippen molar-refractivity contribution in [1.29, 1.82) is 0 Å². The van der Waals surface area contributed by atoms with Crippen LogP contribution in [0, 0.1) is 5.92 Å². The van der Waals surface area contributed by atoms with E-state index in [0.717, 1.165) is 18.9 Å². The van der Waals surface area contributed by atoms with Gasteiger partial charge >= 0.3 is 0 Å². The molecule has 0 aromatic heterocycles. The Morgan fingerprint density at radius 3 is 2.54 bits per heavy atom. The van der Waals surface area contributed by atoms with E-state index in [2.05, 4.69) is 13.8 Å². The number of hydrogen-bond acceptors (Lipinski definition) is 2. The number of amides is 1. The zero-order valence-electron chi connectivity index (χ0n) is 9.05. The Labute approximate surface area is 81.3 Å². The Hall–Kier alpha value is -0.570. The van der Waals surface area contributed by atoms with Crippen LogP contribution in [0.2, 0.25) is 0 Å². The summed E-state index contributed by atoms with van der Waals surface area (Å²) in [5.74, 6) is 0.879. The van der Waals surface area contributed by atoms with Gasteiger partial charge < -0.3 is 10.6 Å². The molecule has 0 saturated heterocycles. The molecule has 0 rings (SSSR count). The van der Waals surface area contributed by atoms with Gasteiger partial charge in [-0.1, -0.05) is 13.8 Å². The molecular formula is C10H22N2O. The summed E-state index contributed by atoms with van der Waals surface area (Å²) in [4.78, 5) is 13.0. The molecule has 0 heterocycles. The molecule has 13 heavy (non-hydrogen) atoms. The number of rotatable bonds is 6. The number of hydrogen-bond donors (Lipinski definition) is 1. The molecule has 0 fully saturated rings. The first-order chi connectivity index (χ1) is 6.07. The van der Waals surface area contributed by atoms with Crippen LogP contribution < -0.4 is 5.73 Å². The third-order valence-corrected chi connectivity index (χ3v) is 2.06. The van der Waals surface area contributed by atoms with Crippen LogP contribution in [0.1, 0.15) is 33.1 Å². The number of nitrogens with zero attached hydrogens (tertiary/aromatic N) is 1. The zero-order valence-corrected chi connectivity index (χ0v) is 9.05. The zero-order chi connectivity index (χ0) is 10.3. The van der Waals surface area contributed by atoms with E-state index in [1.165, 1.54) is 6.42 Å². The first-order valence-corrected chi connectivity index (χ1v) is 5.02. The van der Waals surface area contributed by atoms with Crippen LogP contribution >= 0.6 is 0 Å². The second kappa shape index (κ2) is 6.89. The molecule has 1 amide bonds. The lowest BCUT2D eigenvalue weighted by Crippen LogP contribution is -2.29. The molecule has 0 spiro atoms. The molecule has 0 aliphatic carbocycles. The van der Waals surface area contributed by atoms with Crippen molar-refractivity contribution in [3.05, 3.63) is 0 Å². The molecule has 0 aromatic carbocycles. The van der Waals surface area contributed by atoms with Crippen LogP contribution in [0.25, 0.3) is 0 Å². The highest BCUT2D eigenvalue weighted by Crippen LogP contribution is 2.04. The number of carbonyl (C=O) groups is 1. The van der Waals surface area contributed by atoms with Gasteiger partial charge in [0.1, 0.15) is 0 Å². The van der Waals surface area contributed by atoms with Gasteiger partial charge in [0, 0.05) is 26.6 Å². The van der Waals surface area contributed by atoms with Crippen molar-refractivity contribution in [2.24, 2.45) is 11.7 Å². The van der Waals surface area contributed by atoms with Crippen LogP contribution in [0.5, 0.6) is 0 Å². The molecule has 0 atom stereocenters. The average molecular weight is 186 g/mol. The summed E-state index contributed by atoms with van der Waals surface area (Å²) >= 11 is 0.